The molecule has 17 heavy (non-hydrogen) atoms. The number of carbonyl (C=O) groups is 2. The SMILES string of the molecule is CNC(=O)CCNC(=O)c1ccc(Br)c(Cl)c1. The molecule has 0 aromatic heterocycles. The van der Waals surface area contributed by atoms with Crippen molar-refractivity contribution in [1.29, 1.82) is 0 Å². The molecule has 2 amide bonds. The summed E-state index contributed by atoms with van der Waals surface area (Å²) >= 11 is 9.12. The maximum atomic E-state index is 11.7. The van der Waals surface area contributed by atoms with E-state index >= 15 is 0 Å². The van der Waals surface area contributed by atoms with Crippen LogP contribution in [0.15, 0.2) is 22.7 Å². The Kier molecular flexibility index (Phi) is 5.44. The Bertz CT molecular complexity index is 437. The van der Waals surface area contributed by atoms with Gasteiger partial charge < -0.3 is 10.6 Å². The van der Waals surface area contributed by atoms with Gasteiger partial charge in [0, 0.05) is 30.0 Å². The standard InChI is InChI=1S/C11H12BrClN2O2/c1-14-10(16)4-5-15-11(17)7-2-3-8(12)9(13)6-7/h2-3,6H,4-5H2,1H3,(H,14,16)(H,15,17). The Hall–Kier alpha value is -1.07. The second-order valence-corrected chi connectivity index (χ2v) is 4.57. The smallest absolute Gasteiger partial charge is 0.251 e. The maximum Gasteiger partial charge on any atom is 0.251 e. The molecule has 0 saturated carbocycles. The van der Waals surface area contributed by atoms with Crippen molar-refractivity contribution in [3.8, 4) is 0 Å². The Morgan fingerprint density at radius 1 is 1.41 bits per heavy atom. The lowest BCUT2D eigenvalue weighted by atomic mass is 10.2. The predicted octanol–water partition coefficient (Wildman–Crippen LogP) is 1.97. The Morgan fingerprint density at radius 3 is 2.71 bits per heavy atom. The van der Waals surface area contributed by atoms with E-state index in [2.05, 4.69) is 26.6 Å². The molecule has 4 nitrogen and oxygen atoms in total. The third-order valence-corrected chi connectivity index (χ3v) is 3.33. The normalized spacial score (nSPS) is 9.82. The summed E-state index contributed by atoms with van der Waals surface area (Å²) < 4.78 is 0.737. The van der Waals surface area contributed by atoms with Gasteiger partial charge in [-0.1, -0.05) is 11.6 Å². The molecule has 0 atom stereocenters. The minimum absolute atomic E-state index is 0.112. The van der Waals surface area contributed by atoms with E-state index in [1.807, 2.05) is 0 Å². The zero-order chi connectivity index (χ0) is 12.8. The van der Waals surface area contributed by atoms with Gasteiger partial charge in [0.1, 0.15) is 0 Å². The van der Waals surface area contributed by atoms with Gasteiger partial charge in [0.2, 0.25) is 5.91 Å². The van der Waals surface area contributed by atoms with Gasteiger partial charge in [-0.05, 0) is 34.1 Å². The molecule has 0 unspecified atom stereocenters. The molecule has 0 fully saturated rings. The predicted molar refractivity (Wildman–Crippen MR) is 70.2 cm³/mol. The zero-order valence-corrected chi connectivity index (χ0v) is 11.6. The highest BCUT2D eigenvalue weighted by Gasteiger charge is 2.07. The molecule has 1 rings (SSSR count). The van der Waals surface area contributed by atoms with Gasteiger partial charge in [-0.3, -0.25) is 9.59 Å². The second-order valence-electron chi connectivity index (χ2n) is 3.31. The molecule has 0 aliphatic rings. The number of halogens is 2. The van der Waals surface area contributed by atoms with Gasteiger partial charge >= 0.3 is 0 Å². The van der Waals surface area contributed by atoms with Crippen LogP contribution in [0, 0.1) is 0 Å². The van der Waals surface area contributed by atoms with Crippen molar-refractivity contribution in [1.82, 2.24) is 10.6 Å². The number of amides is 2. The van der Waals surface area contributed by atoms with E-state index in [-0.39, 0.29) is 18.2 Å². The quantitative estimate of drug-likeness (QED) is 0.891. The summed E-state index contributed by atoms with van der Waals surface area (Å²) in [6, 6.07) is 4.93. The van der Waals surface area contributed by atoms with E-state index in [0.717, 1.165) is 4.47 Å². The molecular formula is C11H12BrClN2O2. The van der Waals surface area contributed by atoms with E-state index < -0.39 is 0 Å². The Labute approximate surface area is 113 Å². The van der Waals surface area contributed by atoms with E-state index in [1.54, 1.807) is 25.2 Å². The first-order valence-electron chi connectivity index (χ1n) is 4.98. The molecule has 0 aliphatic carbocycles. The summed E-state index contributed by atoms with van der Waals surface area (Å²) in [5.41, 5.74) is 0.468. The first-order valence-corrected chi connectivity index (χ1v) is 6.15. The van der Waals surface area contributed by atoms with Crippen molar-refractivity contribution >= 4 is 39.3 Å². The van der Waals surface area contributed by atoms with Crippen molar-refractivity contribution < 1.29 is 9.59 Å². The third-order valence-electron chi connectivity index (χ3n) is 2.10. The lowest BCUT2D eigenvalue weighted by molar-refractivity contribution is -0.120. The van der Waals surface area contributed by atoms with Gasteiger partial charge in [-0.15, -0.1) is 0 Å². The average Bonchev–Trinajstić information content (AvgIpc) is 2.32. The van der Waals surface area contributed by atoms with Crippen LogP contribution in [0.3, 0.4) is 0 Å². The number of hydrogen-bond acceptors (Lipinski definition) is 2. The van der Waals surface area contributed by atoms with Crippen LogP contribution >= 0.6 is 27.5 Å². The fourth-order valence-electron chi connectivity index (χ4n) is 1.15. The van der Waals surface area contributed by atoms with E-state index in [4.69, 9.17) is 11.6 Å². The van der Waals surface area contributed by atoms with Crippen molar-refractivity contribution in [2.45, 2.75) is 6.42 Å². The van der Waals surface area contributed by atoms with Crippen molar-refractivity contribution in [2.24, 2.45) is 0 Å². The molecule has 0 radical (unpaired) electrons. The number of hydrogen-bond donors (Lipinski definition) is 2. The van der Waals surface area contributed by atoms with Crippen LogP contribution in [0.4, 0.5) is 0 Å². The second kappa shape index (κ2) is 6.61. The number of nitrogens with one attached hydrogen (secondary N) is 2. The molecule has 2 N–H and O–H groups in total. The van der Waals surface area contributed by atoms with Crippen molar-refractivity contribution in [3.05, 3.63) is 33.3 Å². The monoisotopic (exact) mass is 318 g/mol. The summed E-state index contributed by atoms with van der Waals surface area (Å²) in [5, 5.41) is 5.59. The Balaban J connectivity index is 2.52. The summed E-state index contributed by atoms with van der Waals surface area (Å²) in [4.78, 5) is 22.6. The van der Waals surface area contributed by atoms with Crippen LogP contribution < -0.4 is 10.6 Å². The molecule has 0 spiro atoms. The Morgan fingerprint density at radius 2 is 2.12 bits per heavy atom. The number of rotatable bonds is 4. The minimum atomic E-state index is -0.247. The van der Waals surface area contributed by atoms with Crippen LogP contribution in [0.25, 0.3) is 0 Å². The number of benzene rings is 1. The third kappa shape index (κ3) is 4.36. The summed E-state index contributed by atoms with van der Waals surface area (Å²) in [6.07, 6.45) is 0.256. The van der Waals surface area contributed by atoms with Crippen LogP contribution in [0.5, 0.6) is 0 Å². The minimum Gasteiger partial charge on any atom is -0.359 e. The molecule has 1 aromatic rings. The van der Waals surface area contributed by atoms with E-state index in [1.165, 1.54) is 0 Å². The van der Waals surface area contributed by atoms with Crippen LogP contribution in [0.1, 0.15) is 16.8 Å². The van der Waals surface area contributed by atoms with Gasteiger partial charge in [0.05, 0.1) is 5.02 Å². The molecule has 0 aliphatic heterocycles. The lowest BCUT2D eigenvalue weighted by Gasteiger charge is -2.05. The number of carbonyl (C=O) groups excluding carboxylic acids is 2. The molecular weight excluding hydrogens is 307 g/mol. The molecule has 92 valence electrons. The fourth-order valence-corrected chi connectivity index (χ4v) is 1.58. The topological polar surface area (TPSA) is 58.2 Å². The van der Waals surface area contributed by atoms with Crippen molar-refractivity contribution in [2.75, 3.05) is 13.6 Å². The highest BCUT2D eigenvalue weighted by Crippen LogP contribution is 2.22. The maximum absolute atomic E-state index is 11.7. The van der Waals surface area contributed by atoms with Gasteiger partial charge in [0.25, 0.3) is 5.91 Å². The van der Waals surface area contributed by atoms with Crippen LogP contribution in [-0.4, -0.2) is 25.4 Å². The molecule has 0 heterocycles. The first kappa shape index (κ1) is 14.0. The summed E-state index contributed by atoms with van der Waals surface area (Å²) in [6.45, 7) is 0.298. The molecule has 6 heteroatoms. The average molecular weight is 320 g/mol. The van der Waals surface area contributed by atoms with Gasteiger partial charge in [-0.2, -0.15) is 0 Å². The van der Waals surface area contributed by atoms with Crippen molar-refractivity contribution in [3.63, 3.8) is 0 Å². The van der Waals surface area contributed by atoms with Crippen LogP contribution in [0.2, 0.25) is 5.02 Å². The highest BCUT2D eigenvalue weighted by atomic mass is 79.9. The fraction of sp³-hybridized carbons (Fsp3) is 0.273. The summed E-state index contributed by atoms with van der Waals surface area (Å²) in [5.74, 6) is -0.359. The van der Waals surface area contributed by atoms with Gasteiger partial charge in [0.15, 0.2) is 0 Å². The summed E-state index contributed by atoms with van der Waals surface area (Å²) in [7, 11) is 1.55. The first-order chi connectivity index (χ1) is 8.04. The van der Waals surface area contributed by atoms with Crippen LogP contribution in [-0.2, 0) is 4.79 Å². The zero-order valence-electron chi connectivity index (χ0n) is 9.22. The molecule has 0 bridgehead atoms. The largest absolute Gasteiger partial charge is 0.359 e. The lowest BCUT2D eigenvalue weighted by Crippen LogP contribution is -2.29. The highest BCUT2D eigenvalue weighted by molar-refractivity contribution is 9.10. The van der Waals surface area contributed by atoms with E-state index in [9.17, 15) is 9.59 Å². The molecule has 0 saturated heterocycles. The molecule has 1 aromatic carbocycles. The van der Waals surface area contributed by atoms with E-state index in [0.29, 0.717) is 17.1 Å². The van der Waals surface area contributed by atoms with Gasteiger partial charge in [-0.25, -0.2) is 0 Å².